The molecule has 0 spiro atoms. The van der Waals surface area contributed by atoms with Crippen molar-refractivity contribution in [3.63, 3.8) is 0 Å². The molecule has 1 atom stereocenters. The van der Waals surface area contributed by atoms with Crippen molar-refractivity contribution in [1.29, 1.82) is 0 Å². The number of fused-ring (bicyclic) bond motifs is 1. The molecule has 2 amide bonds. The first-order valence-corrected chi connectivity index (χ1v) is 18.8. The first kappa shape index (κ1) is 39.0. The lowest BCUT2D eigenvalue weighted by molar-refractivity contribution is -0.918. The van der Waals surface area contributed by atoms with Gasteiger partial charge in [0.2, 0.25) is 11.7 Å². The van der Waals surface area contributed by atoms with Gasteiger partial charge in [0.05, 0.1) is 52.2 Å². The molecule has 0 aliphatic carbocycles. The Morgan fingerprint density at radius 3 is 2.50 bits per heavy atom. The Morgan fingerprint density at radius 1 is 1.05 bits per heavy atom. The maximum absolute atomic E-state index is 15.0. The number of quaternary nitrogens is 1. The van der Waals surface area contributed by atoms with Crippen molar-refractivity contribution in [2.75, 3.05) is 71.8 Å². The molecule has 3 aliphatic heterocycles. The summed E-state index contributed by atoms with van der Waals surface area (Å²) in [6.45, 7) is 4.19. The average molecular weight is 782 g/mol. The normalized spacial score (nSPS) is 21.6. The summed E-state index contributed by atoms with van der Waals surface area (Å²) >= 11 is 0. The highest BCUT2D eigenvalue weighted by molar-refractivity contribution is 5.99. The second-order valence-electron chi connectivity index (χ2n) is 15.0. The fourth-order valence-electron chi connectivity index (χ4n) is 8.13. The van der Waals surface area contributed by atoms with Gasteiger partial charge in [-0.1, -0.05) is 6.92 Å². The Kier molecular flexibility index (Phi) is 11.2. The molecule has 1 unspecified atom stereocenters. The van der Waals surface area contributed by atoms with E-state index in [1.807, 2.05) is 6.92 Å². The van der Waals surface area contributed by atoms with Gasteiger partial charge in [-0.2, -0.15) is 13.2 Å². The number of amides is 2. The zero-order valence-corrected chi connectivity index (χ0v) is 31.4. The Bertz CT molecular complexity index is 2120. The molecular formula is C39H45F4N8O5+. The molecule has 7 rings (SSSR count). The van der Waals surface area contributed by atoms with Gasteiger partial charge in [-0.25, -0.2) is 19.2 Å². The Labute approximate surface area is 321 Å². The number of hydrogen-bond donors (Lipinski definition) is 2. The van der Waals surface area contributed by atoms with Crippen LogP contribution < -0.4 is 15.4 Å². The number of methoxy groups -OCH3 is 1. The molecule has 2 N–H and O–H groups in total. The largest absolute Gasteiger partial charge is 0.467 e. The third-order valence-electron chi connectivity index (χ3n) is 11.3. The number of hydrogen-bond acceptors (Lipinski definition) is 9. The number of carbonyl (C=O) groups is 3. The zero-order chi connectivity index (χ0) is 39.7. The number of alkyl halides is 2. The van der Waals surface area contributed by atoms with Crippen LogP contribution in [0.4, 0.5) is 29.1 Å². The van der Waals surface area contributed by atoms with Crippen molar-refractivity contribution >= 4 is 34.9 Å². The van der Waals surface area contributed by atoms with E-state index in [4.69, 9.17) is 4.74 Å². The quantitative estimate of drug-likeness (QED) is 0.129. The van der Waals surface area contributed by atoms with E-state index in [2.05, 4.69) is 32.4 Å². The number of nitrogens with zero attached hydrogens (tertiary/aromatic N) is 6. The lowest BCUT2D eigenvalue weighted by Crippen LogP contribution is -2.62. The molecule has 0 bridgehead atoms. The molecule has 3 saturated heterocycles. The Balaban J connectivity index is 1.05. The van der Waals surface area contributed by atoms with Gasteiger partial charge in [-0.05, 0) is 42.3 Å². The van der Waals surface area contributed by atoms with E-state index in [0.29, 0.717) is 35.7 Å². The number of aromatic nitrogens is 3. The van der Waals surface area contributed by atoms with Crippen molar-refractivity contribution < 1.29 is 45.9 Å². The number of piperidine rings is 1. The monoisotopic (exact) mass is 781 g/mol. The van der Waals surface area contributed by atoms with Crippen LogP contribution in [0.5, 0.6) is 5.75 Å². The highest BCUT2D eigenvalue weighted by atomic mass is 19.3. The topological polar surface area (TPSA) is 130 Å². The number of rotatable bonds is 11. The van der Waals surface area contributed by atoms with E-state index >= 15 is 4.39 Å². The molecule has 4 aromatic rings. The van der Waals surface area contributed by atoms with Crippen LogP contribution in [0.2, 0.25) is 0 Å². The minimum Gasteiger partial charge on any atom is -0.467 e. The molecule has 56 heavy (non-hydrogen) atoms. The van der Waals surface area contributed by atoms with Crippen LogP contribution in [0.15, 0.2) is 48.9 Å². The van der Waals surface area contributed by atoms with Gasteiger partial charge in [0.15, 0.2) is 23.0 Å². The van der Waals surface area contributed by atoms with Gasteiger partial charge in [-0.3, -0.25) is 14.0 Å². The fraction of sp³-hybridized carbons (Fsp3) is 0.462. The van der Waals surface area contributed by atoms with E-state index in [1.165, 1.54) is 35.0 Å². The second-order valence-corrected chi connectivity index (χ2v) is 15.0. The smallest absolute Gasteiger partial charge is 0.387 e. The maximum atomic E-state index is 15.0. The van der Waals surface area contributed by atoms with Crippen LogP contribution in [-0.4, -0.2) is 126 Å². The number of aryl methyl sites for hydroxylation is 1. The number of halogens is 4. The lowest BCUT2D eigenvalue weighted by atomic mass is 9.91. The summed E-state index contributed by atoms with van der Waals surface area (Å²) in [5.41, 5.74) is 1.80. The number of nitrogens with one attached hydrogen (secondary N) is 2. The molecule has 3 fully saturated rings. The van der Waals surface area contributed by atoms with E-state index in [1.54, 1.807) is 23.1 Å². The van der Waals surface area contributed by atoms with Crippen molar-refractivity contribution in [3.8, 4) is 17.0 Å². The van der Waals surface area contributed by atoms with Crippen molar-refractivity contribution in [3.05, 3.63) is 71.7 Å². The summed E-state index contributed by atoms with van der Waals surface area (Å²) in [7, 11) is 3.54. The van der Waals surface area contributed by atoms with E-state index < -0.39 is 36.0 Å². The number of likely N-dealkylation sites (tertiary alicyclic amines) is 1. The highest BCUT2D eigenvalue weighted by Gasteiger charge is 2.42. The lowest BCUT2D eigenvalue weighted by Gasteiger charge is -2.45. The second kappa shape index (κ2) is 16.1. The van der Waals surface area contributed by atoms with E-state index in [0.717, 1.165) is 62.2 Å². The molecule has 17 heteroatoms. The molecule has 2 aromatic heterocycles. The summed E-state index contributed by atoms with van der Waals surface area (Å²) in [5.74, 6) is -3.94. The summed E-state index contributed by atoms with van der Waals surface area (Å²) in [5, 5.41) is 6.52. The van der Waals surface area contributed by atoms with Gasteiger partial charge in [0.25, 0.3) is 5.91 Å². The average Bonchev–Trinajstić information content (AvgIpc) is 3.62. The van der Waals surface area contributed by atoms with Crippen LogP contribution in [0, 0.1) is 23.5 Å². The standard InChI is InChI=1S/C39H44F4N8O5/c1-4-24-17-26(47-34-35-46-20-29(49(35)12-11-45-34)28-7-8-31(56-39(42)43)33(41)32(28)40)5-6-27(24)37(53)50-14-13-48(21-30(50)38(54)55-3)36(52)25-9-15-51(2,16-10-25)22-23-18-44-19-23/h5-8,11-12,17,20,23,25,30,39,44H,4,9-10,13-16,18-19,21-22H2,1-3H3/p+1. The Hall–Kier alpha value is -5.29. The first-order valence-electron chi connectivity index (χ1n) is 18.8. The number of esters is 1. The van der Waals surface area contributed by atoms with Crippen LogP contribution in [-0.2, 0) is 20.7 Å². The van der Waals surface area contributed by atoms with E-state index in [9.17, 15) is 27.6 Å². The van der Waals surface area contributed by atoms with Crippen LogP contribution >= 0.6 is 0 Å². The zero-order valence-electron chi connectivity index (χ0n) is 31.4. The molecule has 2 aromatic carbocycles. The number of piperazine rings is 1. The maximum Gasteiger partial charge on any atom is 0.387 e. The van der Waals surface area contributed by atoms with Gasteiger partial charge in [0.1, 0.15) is 6.04 Å². The SMILES string of the molecule is CCc1cc(Nc2nccn3c(-c4ccc(OC(F)F)c(F)c4F)cnc23)ccc1C(=O)N1CCN(C(=O)C2CC[N+](C)(CC3CNC3)CC2)CC1C(=O)OC. The fourth-order valence-corrected chi connectivity index (χ4v) is 8.13. The predicted octanol–water partition coefficient (Wildman–Crippen LogP) is 4.48. The summed E-state index contributed by atoms with van der Waals surface area (Å²) < 4.78 is 66.5. The molecule has 0 saturated carbocycles. The number of anilines is 2. The number of benzene rings is 2. The molecule has 13 nitrogen and oxygen atoms in total. The summed E-state index contributed by atoms with van der Waals surface area (Å²) in [4.78, 5) is 52.9. The molecule has 0 radical (unpaired) electrons. The molecule has 3 aliphatic rings. The van der Waals surface area contributed by atoms with Gasteiger partial charge < -0.3 is 34.4 Å². The van der Waals surface area contributed by atoms with Crippen molar-refractivity contribution in [2.24, 2.45) is 11.8 Å². The molecule has 298 valence electrons. The number of carbonyl (C=O) groups excluding carboxylic acids is 3. The third-order valence-corrected chi connectivity index (χ3v) is 11.3. The number of imidazole rings is 1. The minimum atomic E-state index is -3.32. The van der Waals surface area contributed by atoms with Crippen LogP contribution in [0.3, 0.4) is 0 Å². The highest BCUT2D eigenvalue weighted by Crippen LogP contribution is 2.33. The number of ether oxygens (including phenoxy) is 2. The van der Waals surface area contributed by atoms with Gasteiger partial charge in [0, 0.05) is 80.1 Å². The summed E-state index contributed by atoms with van der Waals surface area (Å²) in [6.07, 6.45) is 6.27. The van der Waals surface area contributed by atoms with E-state index in [-0.39, 0.29) is 53.5 Å². The van der Waals surface area contributed by atoms with Crippen molar-refractivity contribution in [2.45, 2.75) is 38.8 Å². The predicted molar refractivity (Wildman–Crippen MR) is 197 cm³/mol. The third kappa shape index (κ3) is 7.74. The van der Waals surface area contributed by atoms with Gasteiger partial charge in [-0.15, -0.1) is 0 Å². The van der Waals surface area contributed by atoms with Crippen molar-refractivity contribution in [1.82, 2.24) is 29.5 Å². The minimum absolute atomic E-state index is 0.0233. The molecular weight excluding hydrogens is 736 g/mol. The summed E-state index contributed by atoms with van der Waals surface area (Å²) in [6, 6.07) is 6.20. The molecule has 5 heterocycles. The Morgan fingerprint density at radius 2 is 1.82 bits per heavy atom. The first-order chi connectivity index (χ1) is 26.9. The van der Waals surface area contributed by atoms with Crippen LogP contribution in [0.25, 0.3) is 16.9 Å². The van der Waals surface area contributed by atoms with Gasteiger partial charge >= 0.3 is 12.6 Å². The van der Waals surface area contributed by atoms with Crippen LogP contribution in [0.1, 0.15) is 35.7 Å².